The Kier molecular flexibility index (Phi) is 10.6. The summed E-state index contributed by atoms with van der Waals surface area (Å²) in [6, 6.07) is 7.57. The molecule has 0 saturated heterocycles. The quantitative estimate of drug-likeness (QED) is 0.377. The van der Waals surface area contributed by atoms with Gasteiger partial charge in [0.1, 0.15) is 12.4 Å². The van der Waals surface area contributed by atoms with E-state index in [2.05, 4.69) is 11.8 Å². The van der Waals surface area contributed by atoms with Crippen LogP contribution in [0.1, 0.15) is 5.56 Å². The summed E-state index contributed by atoms with van der Waals surface area (Å²) < 4.78 is 21.1. The predicted octanol–water partition coefficient (Wildman–Crippen LogP) is 2.34. The summed E-state index contributed by atoms with van der Waals surface area (Å²) in [6.07, 6.45) is 0. The summed E-state index contributed by atoms with van der Waals surface area (Å²) in [5.74, 6) is 6.88. The molecule has 1 aromatic carbocycles. The van der Waals surface area contributed by atoms with E-state index >= 15 is 0 Å². The van der Waals surface area contributed by atoms with Crippen LogP contribution in [0.3, 0.4) is 0 Å². The van der Waals surface area contributed by atoms with Gasteiger partial charge in [0.25, 0.3) is 0 Å². The van der Waals surface area contributed by atoms with Gasteiger partial charge in [-0.05, 0) is 24.3 Å². The van der Waals surface area contributed by atoms with Gasteiger partial charge in [-0.2, -0.15) is 0 Å². The third-order valence-electron chi connectivity index (χ3n) is 2.45. The van der Waals surface area contributed by atoms with Gasteiger partial charge in [0, 0.05) is 12.7 Å². The molecular formula is C16H21ClO4. The summed E-state index contributed by atoms with van der Waals surface area (Å²) in [5, 5.41) is 0. The maximum atomic E-state index is 5.55. The number of hydrogen-bond donors (Lipinski definition) is 0. The van der Waals surface area contributed by atoms with Gasteiger partial charge < -0.3 is 18.9 Å². The molecule has 0 spiro atoms. The number of alkyl halides is 1. The summed E-state index contributed by atoms with van der Waals surface area (Å²) in [6.45, 7) is 3.35. The van der Waals surface area contributed by atoms with E-state index in [1.807, 2.05) is 24.3 Å². The van der Waals surface area contributed by atoms with Gasteiger partial charge in [-0.1, -0.05) is 11.8 Å². The Morgan fingerprint density at radius 3 is 2.14 bits per heavy atom. The van der Waals surface area contributed by atoms with Crippen molar-refractivity contribution in [3.05, 3.63) is 29.8 Å². The van der Waals surface area contributed by atoms with Crippen molar-refractivity contribution in [3.63, 3.8) is 0 Å². The van der Waals surface area contributed by atoms with Gasteiger partial charge in [0.05, 0.1) is 38.9 Å². The second kappa shape index (κ2) is 12.5. The first-order valence-electron chi connectivity index (χ1n) is 6.79. The fourth-order valence-electron chi connectivity index (χ4n) is 1.45. The molecule has 21 heavy (non-hydrogen) atoms. The van der Waals surface area contributed by atoms with E-state index in [-0.39, 0.29) is 0 Å². The molecule has 4 nitrogen and oxygen atoms in total. The minimum absolute atomic E-state index is 0.338. The molecule has 0 aromatic heterocycles. The van der Waals surface area contributed by atoms with Crippen molar-refractivity contribution in [3.8, 4) is 17.6 Å². The first kappa shape index (κ1) is 17.8. The van der Waals surface area contributed by atoms with Crippen LogP contribution in [-0.2, 0) is 14.2 Å². The maximum Gasteiger partial charge on any atom is 0.119 e. The van der Waals surface area contributed by atoms with Crippen LogP contribution in [0.4, 0.5) is 0 Å². The third kappa shape index (κ3) is 9.33. The standard InChI is InChI=1S/C16H21ClO4/c1-18-9-10-19-11-12-20-13-14-21-16-6-4-15(5-7-16)3-2-8-17/h4-7H,8-14H2,1H3. The van der Waals surface area contributed by atoms with Crippen LogP contribution < -0.4 is 4.74 Å². The number of rotatable bonds is 10. The highest BCUT2D eigenvalue weighted by atomic mass is 35.5. The Hall–Kier alpha value is -1.25. The molecule has 0 bridgehead atoms. The molecule has 0 aliphatic heterocycles. The number of halogens is 1. The fourth-order valence-corrected chi connectivity index (χ4v) is 1.52. The lowest BCUT2D eigenvalue weighted by Crippen LogP contribution is -2.12. The lowest BCUT2D eigenvalue weighted by molar-refractivity contribution is 0.0180. The Morgan fingerprint density at radius 1 is 0.905 bits per heavy atom. The Balaban J connectivity index is 2.05. The van der Waals surface area contributed by atoms with Crippen LogP contribution in [0, 0.1) is 11.8 Å². The minimum atomic E-state index is 0.338. The van der Waals surface area contributed by atoms with E-state index < -0.39 is 0 Å². The molecular weight excluding hydrogens is 292 g/mol. The van der Waals surface area contributed by atoms with Gasteiger partial charge >= 0.3 is 0 Å². The van der Waals surface area contributed by atoms with Crippen molar-refractivity contribution in [2.75, 3.05) is 52.6 Å². The maximum absolute atomic E-state index is 5.55. The second-order valence-corrected chi connectivity index (χ2v) is 4.29. The highest BCUT2D eigenvalue weighted by molar-refractivity contribution is 6.19. The van der Waals surface area contributed by atoms with Crippen LogP contribution in [0.5, 0.6) is 5.75 Å². The smallest absolute Gasteiger partial charge is 0.119 e. The number of hydrogen-bond acceptors (Lipinski definition) is 4. The summed E-state index contributed by atoms with van der Waals surface area (Å²) in [7, 11) is 1.65. The molecule has 0 heterocycles. The first-order valence-corrected chi connectivity index (χ1v) is 7.32. The van der Waals surface area contributed by atoms with Crippen molar-refractivity contribution in [1.29, 1.82) is 0 Å². The molecule has 5 heteroatoms. The molecule has 0 aliphatic rings. The normalized spacial score (nSPS) is 10.0. The van der Waals surface area contributed by atoms with Crippen LogP contribution in [0.2, 0.25) is 0 Å². The monoisotopic (exact) mass is 312 g/mol. The van der Waals surface area contributed by atoms with Crippen molar-refractivity contribution >= 4 is 11.6 Å². The molecule has 116 valence electrons. The van der Waals surface area contributed by atoms with E-state index in [9.17, 15) is 0 Å². The molecule has 1 rings (SSSR count). The van der Waals surface area contributed by atoms with Crippen LogP contribution >= 0.6 is 11.6 Å². The number of benzene rings is 1. The van der Waals surface area contributed by atoms with Gasteiger partial charge in [-0.15, -0.1) is 11.6 Å². The first-order chi connectivity index (χ1) is 10.4. The van der Waals surface area contributed by atoms with E-state index in [1.165, 1.54) is 0 Å². The average molecular weight is 313 g/mol. The second-order valence-electron chi connectivity index (χ2n) is 4.03. The third-order valence-corrected chi connectivity index (χ3v) is 2.59. The molecule has 1 aromatic rings. The summed E-state index contributed by atoms with van der Waals surface area (Å²) in [5.41, 5.74) is 0.924. The van der Waals surface area contributed by atoms with Crippen molar-refractivity contribution in [2.45, 2.75) is 0 Å². The van der Waals surface area contributed by atoms with Gasteiger partial charge in [0.15, 0.2) is 0 Å². The van der Waals surface area contributed by atoms with E-state index in [0.29, 0.717) is 45.5 Å². The lowest BCUT2D eigenvalue weighted by atomic mass is 10.2. The van der Waals surface area contributed by atoms with Gasteiger partial charge in [0.2, 0.25) is 0 Å². The molecule has 0 unspecified atom stereocenters. The zero-order valence-corrected chi connectivity index (χ0v) is 13.0. The zero-order chi connectivity index (χ0) is 15.2. The van der Waals surface area contributed by atoms with Crippen LogP contribution in [0.25, 0.3) is 0 Å². The van der Waals surface area contributed by atoms with Gasteiger partial charge in [-0.25, -0.2) is 0 Å². The summed E-state index contributed by atoms with van der Waals surface area (Å²) >= 11 is 5.50. The molecule has 0 radical (unpaired) electrons. The minimum Gasteiger partial charge on any atom is -0.491 e. The van der Waals surface area contributed by atoms with Crippen molar-refractivity contribution in [1.82, 2.24) is 0 Å². The Morgan fingerprint density at radius 2 is 1.52 bits per heavy atom. The largest absolute Gasteiger partial charge is 0.491 e. The highest BCUT2D eigenvalue weighted by Gasteiger charge is 1.95. The van der Waals surface area contributed by atoms with Crippen molar-refractivity contribution in [2.24, 2.45) is 0 Å². The summed E-state index contributed by atoms with van der Waals surface area (Å²) in [4.78, 5) is 0. The van der Waals surface area contributed by atoms with Crippen molar-refractivity contribution < 1.29 is 18.9 Å². The molecule has 0 saturated carbocycles. The zero-order valence-electron chi connectivity index (χ0n) is 12.3. The van der Waals surface area contributed by atoms with E-state index in [1.54, 1.807) is 7.11 Å². The van der Waals surface area contributed by atoms with E-state index in [4.69, 9.17) is 30.5 Å². The molecule has 0 amide bonds. The molecule has 0 fully saturated rings. The Labute approximate surface area is 131 Å². The van der Waals surface area contributed by atoms with Gasteiger partial charge in [-0.3, -0.25) is 0 Å². The number of methoxy groups -OCH3 is 1. The fraction of sp³-hybridized carbons (Fsp3) is 0.500. The van der Waals surface area contributed by atoms with Crippen LogP contribution in [-0.4, -0.2) is 52.6 Å². The lowest BCUT2D eigenvalue weighted by Gasteiger charge is -2.07. The number of ether oxygens (including phenoxy) is 4. The van der Waals surface area contributed by atoms with E-state index in [0.717, 1.165) is 11.3 Å². The molecule has 0 atom stereocenters. The SMILES string of the molecule is COCCOCCOCCOc1ccc(C#CCCl)cc1. The topological polar surface area (TPSA) is 36.9 Å². The van der Waals surface area contributed by atoms with Crippen LogP contribution in [0.15, 0.2) is 24.3 Å². The molecule has 0 N–H and O–H groups in total. The Bertz CT molecular complexity index is 422. The molecule has 0 aliphatic carbocycles. The highest BCUT2D eigenvalue weighted by Crippen LogP contribution is 2.11. The predicted molar refractivity (Wildman–Crippen MR) is 83.0 cm³/mol. The average Bonchev–Trinajstić information content (AvgIpc) is 2.52.